The molecule has 20 heavy (non-hydrogen) atoms. The lowest BCUT2D eigenvalue weighted by Crippen LogP contribution is -2.20. The minimum atomic E-state index is 0.382. The van der Waals surface area contributed by atoms with Crippen molar-refractivity contribution in [3.05, 3.63) is 41.0 Å². The largest absolute Gasteiger partial charge is 0.0659 e. The second kappa shape index (κ2) is 5.39. The Labute approximate surface area is 125 Å². The van der Waals surface area contributed by atoms with Crippen LogP contribution in [0.3, 0.4) is 0 Å². The lowest BCUT2D eigenvalue weighted by Gasteiger charge is -2.35. The highest BCUT2D eigenvalue weighted by Crippen LogP contribution is 2.45. The number of hydrogen-bond donors (Lipinski definition) is 0. The lowest BCUT2D eigenvalue weighted by molar-refractivity contribution is 0.316. The molecule has 0 aromatic heterocycles. The van der Waals surface area contributed by atoms with Gasteiger partial charge in [-0.3, -0.25) is 0 Å². The lowest BCUT2D eigenvalue weighted by atomic mass is 9.70. The zero-order valence-electron chi connectivity index (χ0n) is 14.1. The van der Waals surface area contributed by atoms with Gasteiger partial charge in [0.15, 0.2) is 0 Å². The molecule has 0 saturated heterocycles. The maximum atomic E-state index is 2.41. The van der Waals surface area contributed by atoms with Gasteiger partial charge in [0.1, 0.15) is 0 Å². The molecule has 0 heterocycles. The summed E-state index contributed by atoms with van der Waals surface area (Å²) in [5, 5.41) is 0. The zero-order chi connectivity index (χ0) is 15.0. The van der Waals surface area contributed by atoms with E-state index in [2.05, 4.69) is 65.8 Å². The highest BCUT2D eigenvalue weighted by Gasteiger charge is 2.29. The molecule has 0 N–H and O–H groups in total. The zero-order valence-corrected chi connectivity index (χ0v) is 14.1. The Morgan fingerprint density at radius 3 is 2.20 bits per heavy atom. The summed E-state index contributed by atoms with van der Waals surface area (Å²) in [5.74, 6) is 0. The van der Waals surface area contributed by atoms with Crippen LogP contribution in [0.4, 0.5) is 0 Å². The normalized spacial score (nSPS) is 19.3. The first kappa shape index (κ1) is 15.4. The fourth-order valence-electron chi connectivity index (χ4n) is 3.23. The van der Waals surface area contributed by atoms with Gasteiger partial charge in [-0.1, -0.05) is 70.0 Å². The van der Waals surface area contributed by atoms with Crippen LogP contribution in [0.2, 0.25) is 0 Å². The Balaban J connectivity index is 2.41. The highest BCUT2D eigenvalue weighted by molar-refractivity contribution is 5.70. The van der Waals surface area contributed by atoms with Crippen LogP contribution in [0.25, 0.3) is 5.57 Å². The molecule has 0 saturated carbocycles. The van der Waals surface area contributed by atoms with Crippen molar-refractivity contribution >= 4 is 5.57 Å². The summed E-state index contributed by atoms with van der Waals surface area (Å²) in [6.07, 6.45) is 5.05. The molecule has 1 aromatic rings. The summed E-state index contributed by atoms with van der Waals surface area (Å²) in [4.78, 5) is 0. The molecule has 1 aliphatic rings. The molecule has 0 bridgehead atoms. The number of allylic oxidation sites excluding steroid dienone is 2. The first-order valence-electron chi connectivity index (χ1n) is 7.94. The van der Waals surface area contributed by atoms with Gasteiger partial charge in [0.2, 0.25) is 0 Å². The molecular formula is C20H30. The smallest absolute Gasteiger partial charge is 0.0222 e. The van der Waals surface area contributed by atoms with Gasteiger partial charge in [0.05, 0.1) is 0 Å². The van der Waals surface area contributed by atoms with Crippen LogP contribution in [-0.4, -0.2) is 0 Å². The predicted molar refractivity (Wildman–Crippen MR) is 89.8 cm³/mol. The molecule has 0 amide bonds. The number of benzene rings is 1. The fraction of sp³-hybridized carbons (Fsp3) is 0.600. The Kier molecular flexibility index (Phi) is 4.14. The number of hydrogen-bond acceptors (Lipinski definition) is 0. The first-order chi connectivity index (χ1) is 9.16. The molecule has 0 heteroatoms. The molecule has 0 nitrogen and oxygen atoms in total. The van der Waals surface area contributed by atoms with Crippen molar-refractivity contribution in [2.24, 2.45) is 10.8 Å². The van der Waals surface area contributed by atoms with E-state index in [4.69, 9.17) is 0 Å². The molecule has 110 valence electrons. The van der Waals surface area contributed by atoms with Crippen LogP contribution >= 0.6 is 0 Å². The van der Waals surface area contributed by atoms with E-state index in [1.165, 1.54) is 36.8 Å². The summed E-state index contributed by atoms with van der Waals surface area (Å²) < 4.78 is 0. The van der Waals surface area contributed by atoms with E-state index in [9.17, 15) is 0 Å². The second-order valence-corrected chi connectivity index (χ2v) is 8.53. The number of aryl methyl sites for hydroxylation is 1. The SMILES string of the molecule is Cc1ccc(C2=C(CC(C)(C)C)CCC(C)(C)C2)cc1. The van der Waals surface area contributed by atoms with E-state index in [1.807, 2.05) is 0 Å². The van der Waals surface area contributed by atoms with E-state index in [1.54, 1.807) is 11.1 Å². The third-order valence-corrected chi connectivity index (χ3v) is 4.33. The van der Waals surface area contributed by atoms with Gasteiger partial charge in [-0.15, -0.1) is 0 Å². The third-order valence-electron chi connectivity index (χ3n) is 4.33. The maximum absolute atomic E-state index is 2.41. The van der Waals surface area contributed by atoms with Gasteiger partial charge in [-0.2, -0.15) is 0 Å². The van der Waals surface area contributed by atoms with Crippen molar-refractivity contribution in [3.63, 3.8) is 0 Å². The van der Waals surface area contributed by atoms with Crippen molar-refractivity contribution in [1.29, 1.82) is 0 Å². The molecule has 1 aromatic carbocycles. The Bertz CT molecular complexity index is 492. The predicted octanol–water partition coefficient (Wildman–Crippen LogP) is 6.39. The Hall–Kier alpha value is -1.04. The van der Waals surface area contributed by atoms with Gasteiger partial charge in [-0.25, -0.2) is 0 Å². The minimum Gasteiger partial charge on any atom is -0.0659 e. The van der Waals surface area contributed by atoms with E-state index < -0.39 is 0 Å². The van der Waals surface area contributed by atoms with Crippen molar-refractivity contribution in [1.82, 2.24) is 0 Å². The average molecular weight is 270 g/mol. The van der Waals surface area contributed by atoms with E-state index in [-0.39, 0.29) is 0 Å². The van der Waals surface area contributed by atoms with Gasteiger partial charge in [0.25, 0.3) is 0 Å². The fourth-order valence-corrected chi connectivity index (χ4v) is 3.23. The van der Waals surface area contributed by atoms with Crippen LogP contribution in [0.5, 0.6) is 0 Å². The topological polar surface area (TPSA) is 0 Å². The van der Waals surface area contributed by atoms with Gasteiger partial charge >= 0.3 is 0 Å². The summed E-state index contributed by atoms with van der Waals surface area (Å²) >= 11 is 0. The monoisotopic (exact) mass is 270 g/mol. The Morgan fingerprint density at radius 2 is 1.65 bits per heavy atom. The molecule has 0 unspecified atom stereocenters. The highest BCUT2D eigenvalue weighted by atomic mass is 14.3. The van der Waals surface area contributed by atoms with Crippen LogP contribution < -0.4 is 0 Å². The van der Waals surface area contributed by atoms with Gasteiger partial charge < -0.3 is 0 Å². The van der Waals surface area contributed by atoms with Crippen LogP contribution in [0, 0.1) is 17.8 Å². The van der Waals surface area contributed by atoms with E-state index >= 15 is 0 Å². The maximum Gasteiger partial charge on any atom is -0.0222 e. The third kappa shape index (κ3) is 3.98. The van der Waals surface area contributed by atoms with E-state index in [0.717, 1.165) is 0 Å². The molecule has 0 spiro atoms. The quantitative estimate of drug-likeness (QED) is 0.583. The molecular weight excluding hydrogens is 240 g/mol. The van der Waals surface area contributed by atoms with Crippen LogP contribution in [-0.2, 0) is 0 Å². The van der Waals surface area contributed by atoms with Gasteiger partial charge in [0, 0.05) is 0 Å². The standard InChI is InChI=1S/C20H30/c1-15-7-9-16(10-8-15)18-14-20(5,6)12-11-17(18)13-19(2,3)4/h7-10H,11-14H2,1-6H3. The van der Waals surface area contributed by atoms with Crippen LogP contribution in [0.1, 0.15) is 71.4 Å². The van der Waals surface area contributed by atoms with E-state index in [0.29, 0.717) is 10.8 Å². The van der Waals surface area contributed by atoms with Crippen molar-refractivity contribution in [2.45, 2.75) is 67.2 Å². The second-order valence-electron chi connectivity index (χ2n) is 8.53. The van der Waals surface area contributed by atoms with Crippen molar-refractivity contribution in [2.75, 3.05) is 0 Å². The average Bonchev–Trinajstić information content (AvgIpc) is 2.31. The summed E-state index contributed by atoms with van der Waals surface area (Å²) in [6, 6.07) is 9.13. The first-order valence-corrected chi connectivity index (χ1v) is 7.94. The molecule has 0 fully saturated rings. The Morgan fingerprint density at radius 1 is 1.05 bits per heavy atom. The summed E-state index contributed by atoms with van der Waals surface area (Å²) in [5.41, 5.74) is 6.94. The minimum absolute atomic E-state index is 0.382. The van der Waals surface area contributed by atoms with Crippen LogP contribution in [0.15, 0.2) is 29.8 Å². The molecule has 2 rings (SSSR count). The molecule has 0 atom stereocenters. The molecule has 1 aliphatic carbocycles. The summed E-state index contributed by atoms with van der Waals surface area (Å²) in [7, 11) is 0. The van der Waals surface area contributed by atoms with Gasteiger partial charge in [-0.05, 0) is 54.6 Å². The molecule has 0 aliphatic heterocycles. The van der Waals surface area contributed by atoms with Crippen molar-refractivity contribution in [3.8, 4) is 0 Å². The summed E-state index contributed by atoms with van der Waals surface area (Å²) in [6.45, 7) is 14.1. The molecule has 0 radical (unpaired) electrons. The van der Waals surface area contributed by atoms with Crippen molar-refractivity contribution < 1.29 is 0 Å². The number of rotatable bonds is 2.